The summed E-state index contributed by atoms with van der Waals surface area (Å²) in [4.78, 5) is 6.88. The van der Waals surface area contributed by atoms with Crippen LogP contribution in [0.3, 0.4) is 0 Å². The van der Waals surface area contributed by atoms with E-state index >= 15 is 0 Å². The maximum atomic E-state index is 10.3. The summed E-state index contributed by atoms with van der Waals surface area (Å²) < 4.78 is 12.4. The van der Waals surface area contributed by atoms with Gasteiger partial charge in [0.05, 0.1) is 32.6 Å². The first-order valence-electron chi connectivity index (χ1n) is 9.72. The number of hydrogen-bond acceptors (Lipinski definition) is 7. The number of aromatic hydroxyl groups is 2. The highest BCUT2D eigenvalue weighted by Gasteiger charge is 2.18. The summed E-state index contributed by atoms with van der Waals surface area (Å²) in [7, 11) is 1.51. The molecule has 0 saturated carbocycles. The second-order valence-electron chi connectivity index (χ2n) is 6.95. The van der Waals surface area contributed by atoms with Gasteiger partial charge in [0.2, 0.25) is 0 Å². The van der Waals surface area contributed by atoms with Crippen molar-refractivity contribution in [3.05, 3.63) is 53.9 Å². The van der Waals surface area contributed by atoms with Gasteiger partial charge in [0, 0.05) is 13.1 Å². The molecule has 0 radical (unpaired) electrons. The molecule has 4 rings (SSSR count). The van der Waals surface area contributed by atoms with Gasteiger partial charge in [-0.15, -0.1) is 5.10 Å². The van der Waals surface area contributed by atoms with Gasteiger partial charge in [-0.25, -0.2) is 9.67 Å². The standard InChI is InChI=1S/C22H24N4O4/c1-29-20-14-16(6-8-19(20)28)7-9-21-23-22(17-4-2-3-5-18(17)27)26(24-21)15-25-10-12-30-13-11-25/h2-9,14,27-28H,10-13,15H2,1H3/b9-7+. The molecule has 1 aromatic heterocycles. The molecule has 2 heterocycles. The molecule has 2 N–H and O–H groups in total. The van der Waals surface area contributed by atoms with E-state index in [9.17, 15) is 10.2 Å². The van der Waals surface area contributed by atoms with Crippen LogP contribution < -0.4 is 4.74 Å². The Balaban J connectivity index is 1.65. The Labute approximate surface area is 174 Å². The van der Waals surface area contributed by atoms with E-state index in [0.29, 0.717) is 42.8 Å². The molecule has 1 aliphatic heterocycles. The molecule has 0 aliphatic carbocycles. The molecule has 0 amide bonds. The highest BCUT2D eigenvalue weighted by Crippen LogP contribution is 2.29. The summed E-state index contributed by atoms with van der Waals surface area (Å²) in [6.45, 7) is 3.57. The highest BCUT2D eigenvalue weighted by atomic mass is 16.5. The second-order valence-corrected chi connectivity index (χ2v) is 6.95. The van der Waals surface area contributed by atoms with Crippen LogP contribution in [0.25, 0.3) is 23.5 Å². The average Bonchev–Trinajstić information content (AvgIpc) is 3.16. The number of phenols is 2. The molecule has 0 unspecified atom stereocenters. The van der Waals surface area contributed by atoms with Crippen molar-refractivity contribution >= 4 is 12.2 Å². The Morgan fingerprint density at radius 3 is 2.63 bits per heavy atom. The largest absolute Gasteiger partial charge is 0.507 e. The van der Waals surface area contributed by atoms with Crippen molar-refractivity contribution in [3.8, 4) is 28.6 Å². The van der Waals surface area contributed by atoms with Gasteiger partial charge < -0.3 is 19.7 Å². The molecule has 3 aromatic rings. The van der Waals surface area contributed by atoms with Crippen LogP contribution in [0.4, 0.5) is 0 Å². The molecular formula is C22H24N4O4. The van der Waals surface area contributed by atoms with Gasteiger partial charge in [-0.2, -0.15) is 0 Å². The van der Waals surface area contributed by atoms with E-state index in [0.717, 1.165) is 18.7 Å². The number of nitrogens with zero attached hydrogens (tertiary/aromatic N) is 4. The molecule has 1 aliphatic rings. The van der Waals surface area contributed by atoms with E-state index < -0.39 is 0 Å². The topological polar surface area (TPSA) is 92.9 Å². The fourth-order valence-electron chi connectivity index (χ4n) is 3.29. The molecule has 8 nitrogen and oxygen atoms in total. The molecular weight excluding hydrogens is 384 g/mol. The van der Waals surface area contributed by atoms with Crippen molar-refractivity contribution in [1.82, 2.24) is 19.7 Å². The average molecular weight is 408 g/mol. The van der Waals surface area contributed by atoms with E-state index in [-0.39, 0.29) is 11.5 Å². The molecule has 0 spiro atoms. The number of aromatic nitrogens is 3. The van der Waals surface area contributed by atoms with E-state index in [1.54, 1.807) is 41.1 Å². The lowest BCUT2D eigenvalue weighted by Gasteiger charge is -2.26. The number of morpholine rings is 1. The molecule has 2 aromatic carbocycles. The summed E-state index contributed by atoms with van der Waals surface area (Å²) in [5.74, 6) is 1.77. The van der Waals surface area contributed by atoms with Crippen LogP contribution >= 0.6 is 0 Å². The van der Waals surface area contributed by atoms with Gasteiger partial charge in [0.1, 0.15) is 5.75 Å². The smallest absolute Gasteiger partial charge is 0.174 e. The van der Waals surface area contributed by atoms with Gasteiger partial charge >= 0.3 is 0 Å². The third-order valence-electron chi connectivity index (χ3n) is 4.90. The van der Waals surface area contributed by atoms with Crippen molar-refractivity contribution in [3.63, 3.8) is 0 Å². The van der Waals surface area contributed by atoms with Gasteiger partial charge in [-0.1, -0.05) is 24.3 Å². The number of phenolic OH excluding ortho intramolecular Hbond substituents is 2. The zero-order valence-electron chi connectivity index (χ0n) is 16.7. The number of methoxy groups -OCH3 is 1. The maximum Gasteiger partial charge on any atom is 0.174 e. The Morgan fingerprint density at radius 1 is 1.07 bits per heavy atom. The lowest BCUT2D eigenvalue weighted by molar-refractivity contribution is 0.0216. The molecule has 0 atom stereocenters. The summed E-state index contributed by atoms with van der Waals surface area (Å²) in [6.07, 6.45) is 3.65. The molecule has 8 heteroatoms. The van der Waals surface area contributed by atoms with Gasteiger partial charge in [0.15, 0.2) is 23.1 Å². The van der Waals surface area contributed by atoms with Crippen LogP contribution in [0.15, 0.2) is 42.5 Å². The number of rotatable bonds is 6. The van der Waals surface area contributed by atoms with Crippen LogP contribution in [0, 0.1) is 0 Å². The van der Waals surface area contributed by atoms with Crippen molar-refractivity contribution in [2.24, 2.45) is 0 Å². The molecule has 1 saturated heterocycles. The first kappa shape index (κ1) is 19.9. The fourth-order valence-corrected chi connectivity index (χ4v) is 3.29. The first-order chi connectivity index (χ1) is 14.6. The number of benzene rings is 2. The van der Waals surface area contributed by atoms with Crippen molar-refractivity contribution in [2.75, 3.05) is 33.4 Å². The minimum Gasteiger partial charge on any atom is -0.507 e. The number of hydrogen-bond donors (Lipinski definition) is 2. The first-order valence-corrected chi connectivity index (χ1v) is 9.72. The lowest BCUT2D eigenvalue weighted by atomic mass is 10.2. The third kappa shape index (κ3) is 4.45. The zero-order valence-corrected chi connectivity index (χ0v) is 16.7. The molecule has 0 bridgehead atoms. The van der Waals surface area contributed by atoms with E-state index in [1.165, 1.54) is 7.11 Å². The molecule has 156 valence electrons. The Kier molecular flexibility index (Phi) is 5.97. The minimum absolute atomic E-state index is 0.0874. The predicted molar refractivity (Wildman–Crippen MR) is 113 cm³/mol. The van der Waals surface area contributed by atoms with E-state index in [2.05, 4.69) is 15.0 Å². The van der Waals surface area contributed by atoms with Crippen LogP contribution in [0.5, 0.6) is 17.2 Å². The predicted octanol–water partition coefficient (Wildman–Crippen LogP) is 2.83. The summed E-state index contributed by atoms with van der Waals surface area (Å²) in [6, 6.07) is 12.2. The summed E-state index contributed by atoms with van der Waals surface area (Å²) >= 11 is 0. The third-order valence-corrected chi connectivity index (χ3v) is 4.90. The van der Waals surface area contributed by atoms with Crippen LogP contribution in [-0.2, 0) is 11.4 Å². The van der Waals surface area contributed by atoms with Crippen LogP contribution in [-0.4, -0.2) is 63.3 Å². The molecule has 1 fully saturated rings. The number of ether oxygens (including phenoxy) is 2. The van der Waals surface area contributed by atoms with Gasteiger partial charge in [-0.3, -0.25) is 4.90 Å². The van der Waals surface area contributed by atoms with Crippen LogP contribution in [0.2, 0.25) is 0 Å². The molecule has 30 heavy (non-hydrogen) atoms. The fraction of sp³-hybridized carbons (Fsp3) is 0.273. The summed E-state index contributed by atoms with van der Waals surface area (Å²) in [5.41, 5.74) is 1.47. The monoisotopic (exact) mass is 408 g/mol. The van der Waals surface area contributed by atoms with Crippen LogP contribution in [0.1, 0.15) is 11.4 Å². The number of para-hydroxylation sites is 1. The Bertz CT molecular complexity index is 1040. The van der Waals surface area contributed by atoms with Gasteiger partial charge in [-0.05, 0) is 35.9 Å². The van der Waals surface area contributed by atoms with Crippen molar-refractivity contribution in [1.29, 1.82) is 0 Å². The minimum atomic E-state index is 0.0874. The maximum absolute atomic E-state index is 10.3. The van der Waals surface area contributed by atoms with Gasteiger partial charge in [0.25, 0.3) is 0 Å². The highest BCUT2D eigenvalue weighted by molar-refractivity contribution is 5.70. The second kappa shape index (κ2) is 8.98. The van der Waals surface area contributed by atoms with E-state index in [1.807, 2.05) is 18.2 Å². The lowest BCUT2D eigenvalue weighted by Crippen LogP contribution is -2.37. The Morgan fingerprint density at radius 2 is 1.87 bits per heavy atom. The summed E-state index contributed by atoms with van der Waals surface area (Å²) in [5, 5.41) is 24.7. The quantitative estimate of drug-likeness (QED) is 0.648. The normalized spacial score (nSPS) is 15.0. The van der Waals surface area contributed by atoms with Crippen molar-refractivity contribution < 1.29 is 19.7 Å². The SMILES string of the molecule is COc1cc(/C=C/c2nc(-c3ccccc3O)n(CN3CCOCC3)n2)ccc1O. The van der Waals surface area contributed by atoms with E-state index in [4.69, 9.17) is 9.47 Å². The van der Waals surface area contributed by atoms with Crippen molar-refractivity contribution in [2.45, 2.75) is 6.67 Å². The zero-order chi connectivity index (χ0) is 20.9. The Hall–Kier alpha value is -3.36.